The summed E-state index contributed by atoms with van der Waals surface area (Å²) in [5.74, 6) is 0.793. The van der Waals surface area contributed by atoms with E-state index < -0.39 is 0 Å². The molecule has 2 rings (SSSR count). The number of hydrogen-bond donors (Lipinski definition) is 1. The SMILES string of the molecule is CC(C)(C)c1n[c-]c2[nH]ncc2n1.C[CH-]C.[W+2]. The van der Waals surface area contributed by atoms with Crippen molar-refractivity contribution >= 4 is 11.0 Å². The normalized spacial score (nSPS) is 10.4. The molecule has 5 heteroatoms. The van der Waals surface area contributed by atoms with Gasteiger partial charge in [-0.25, -0.2) is 0 Å². The van der Waals surface area contributed by atoms with E-state index in [1.54, 1.807) is 6.20 Å². The number of nitrogens with zero attached hydrogens (tertiary/aromatic N) is 3. The summed E-state index contributed by atoms with van der Waals surface area (Å²) in [7, 11) is 0. The molecule has 4 nitrogen and oxygen atoms in total. The number of aromatic nitrogens is 4. The molecule has 0 saturated carbocycles. The maximum atomic E-state index is 4.37. The van der Waals surface area contributed by atoms with Gasteiger partial charge in [0.05, 0.1) is 0 Å². The van der Waals surface area contributed by atoms with Gasteiger partial charge in [-0.1, -0.05) is 27.0 Å². The van der Waals surface area contributed by atoms with Crippen LogP contribution in [0.4, 0.5) is 0 Å². The second-order valence-electron chi connectivity index (χ2n) is 4.62. The number of aromatic amines is 1. The van der Waals surface area contributed by atoms with E-state index in [0.717, 1.165) is 16.9 Å². The number of rotatable bonds is 0. The third kappa shape index (κ3) is 4.55. The smallest absolute Gasteiger partial charge is 0.370 e. The first-order valence-electron chi connectivity index (χ1n) is 5.32. The van der Waals surface area contributed by atoms with Crippen molar-refractivity contribution in [3.8, 4) is 0 Å². The van der Waals surface area contributed by atoms with Crippen LogP contribution in [0.3, 0.4) is 0 Å². The predicted molar refractivity (Wildman–Crippen MR) is 64.9 cm³/mol. The van der Waals surface area contributed by atoms with E-state index in [0.29, 0.717) is 0 Å². The molecule has 2 aromatic heterocycles. The molecule has 0 aliphatic carbocycles. The zero-order valence-electron chi connectivity index (χ0n) is 10.9. The minimum Gasteiger partial charge on any atom is -0.370 e. The average molecular weight is 402 g/mol. The minimum absolute atomic E-state index is 0. The molecule has 0 radical (unpaired) electrons. The Labute approximate surface area is 117 Å². The molecule has 2 aromatic rings. The molecule has 1 N–H and O–H groups in total. The van der Waals surface area contributed by atoms with Crippen LogP contribution in [0.1, 0.15) is 40.4 Å². The van der Waals surface area contributed by atoms with Gasteiger partial charge in [0.15, 0.2) is 0 Å². The monoisotopic (exact) mass is 402 g/mol. The summed E-state index contributed by atoms with van der Waals surface area (Å²) in [5.41, 5.74) is 1.54. The van der Waals surface area contributed by atoms with E-state index in [9.17, 15) is 0 Å². The fraction of sp³-hybridized carbons (Fsp3) is 0.500. The Morgan fingerprint density at radius 2 is 1.88 bits per heavy atom. The molecule has 0 spiro atoms. The van der Waals surface area contributed by atoms with Gasteiger partial charge in [0.1, 0.15) is 0 Å². The van der Waals surface area contributed by atoms with E-state index in [-0.39, 0.29) is 26.5 Å². The topological polar surface area (TPSA) is 54.5 Å². The van der Waals surface area contributed by atoms with Crippen LogP contribution in [0.15, 0.2) is 6.20 Å². The van der Waals surface area contributed by atoms with Crippen molar-refractivity contribution in [2.45, 2.75) is 40.0 Å². The fourth-order valence-electron chi connectivity index (χ4n) is 1.03. The van der Waals surface area contributed by atoms with Crippen LogP contribution in [0.25, 0.3) is 11.0 Å². The van der Waals surface area contributed by atoms with Gasteiger partial charge < -0.3 is 21.5 Å². The molecule has 0 aromatic carbocycles. The van der Waals surface area contributed by atoms with Crippen LogP contribution in [-0.2, 0) is 26.5 Å². The minimum atomic E-state index is -0.0397. The first-order chi connectivity index (χ1) is 7.49. The van der Waals surface area contributed by atoms with Gasteiger partial charge >= 0.3 is 21.1 Å². The Balaban J connectivity index is 0.000000583. The summed E-state index contributed by atoms with van der Waals surface area (Å²) >= 11 is 0. The zero-order chi connectivity index (χ0) is 12.2. The number of hydrogen-bond acceptors (Lipinski definition) is 3. The van der Waals surface area contributed by atoms with Gasteiger partial charge in [-0.2, -0.15) is 18.9 Å². The summed E-state index contributed by atoms with van der Waals surface area (Å²) in [4.78, 5) is 8.51. The molecule has 0 fully saturated rings. The second-order valence-corrected chi connectivity index (χ2v) is 4.62. The first-order valence-corrected chi connectivity index (χ1v) is 5.32. The third-order valence-electron chi connectivity index (χ3n) is 1.79. The molecule has 17 heavy (non-hydrogen) atoms. The Morgan fingerprint density at radius 3 is 2.41 bits per heavy atom. The predicted octanol–water partition coefficient (Wildman–Crippen LogP) is 2.68. The fourth-order valence-corrected chi connectivity index (χ4v) is 1.03. The summed E-state index contributed by atoms with van der Waals surface area (Å²) in [6.07, 6.45) is 6.56. The molecule has 2 heterocycles. The van der Waals surface area contributed by atoms with Gasteiger partial charge in [0, 0.05) is 12.0 Å². The number of H-pyrrole nitrogens is 1. The molecule has 0 unspecified atom stereocenters. The number of fused-ring (bicyclic) bond motifs is 1. The van der Waals surface area contributed by atoms with E-state index in [2.05, 4.69) is 47.1 Å². The molecule has 0 amide bonds. The van der Waals surface area contributed by atoms with Gasteiger partial charge in [-0.15, -0.1) is 0 Å². The van der Waals surface area contributed by atoms with Crippen molar-refractivity contribution in [2.75, 3.05) is 0 Å². The van der Waals surface area contributed by atoms with Crippen molar-refractivity contribution < 1.29 is 21.1 Å². The summed E-state index contributed by atoms with van der Waals surface area (Å²) in [6, 6.07) is 0. The Bertz CT molecular complexity index is 445. The van der Waals surface area contributed by atoms with Crippen LogP contribution < -0.4 is 0 Å². The summed E-state index contributed by atoms with van der Waals surface area (Å²) < 4.78 is 0. The zero-order valence-corrected chi connectivity index (χ0v) is 13.8. The van der Waals surface area contributed by atoms with Crippen LogP contribution in [0, 0.1) is 12.6 Å². The molecule has 92 valence electrons. The van der Waals surface area contributed by atoms with Gasteiger partial charge in [-0.3, -0.25) is 0 Å². The Hall–Kier alpha value is -0.762. The van der Waals surface area contributed by atoms with Crippen LogP contribution >= 0.6 is 0 Å². The van der Waals surface area contributed by atoms with Crippen molar-refractivity contribution in [1.29, 1.82) is 0 Å². The van der Waals surface area contributed by atoms with Crippen molar-refractivity contribution in [3.63, 3.8) is 0 Å². The summed E-state index contributed by atoms with van der Waals surface area (Å²) in [6.45, 7) is 10.2. The maximum absolute atomic E-state index is 4.37. The first kappa shape index (κ1) is 16.2. The van der Waals surface area contributed by atoms with Crippen molar-refractivity contribution in [1.82, 2.24) is 20.2 Å². The standard InChI is InChI=1S/C9H11N4.C3H7.W/c1-9(2,3)8-10-4-7-6(12-8)5-11-13-7;1-3-2;/h5H,1-3H3,(H,11,13);3H,1-2H3;/q2*-1;+2. The van der Waals surface area contributed by atoms with Crippen LogP contribution in [0.2, 0.25) is 0 Å². The number of nitrogens with one attached hydrogen (secondary N) is 1. The Morgan fingerprint density at radius 1 is 1.29 bits per heavy atom. The largest absolute Gasteiger partial charge is 2.00 e. The van der Waals surface area contributed by atoms with Crippen LogP contribution in [0.5, 0.6) is 0 Å². The summed E-state index contributed by atoms with van der Waals surface area (Å²) in [5, 5.41) is 6.63. The molecule has 0 saturated heterocycles. The van der Waals surface area contributed by atoms with E-state index in [4.69, 9.17) is 0 Å². The molecule has 0 aliphatic rings. The van der Waals surface area contributed by atoms with Gasteiger partial charge in [-0.05, 0) is 16.4 Å². The van der Waals surface area contributed by atoms with Gasteiger partial charge in [0.2, 0.25) is 0 Å². The average Bonchev–Trinajstić information content (AvgIpc) is 2.63. The molecule has 0 aliphatic heterocycles. The molecular weight excluding hydrogens is 384 g/mol. The molecule has 0 atom stereocenters. The van der Waals surface area contributed by atoms with E-state index in [1.807, 2.05) is 20.3 Å². The third-order valence-corrected chi connectivity index (χ3v) is 1.79. The van der Waals surface area contributed by atoms with Crippen molar-refractivity contribution in [3.05, 3.63) is 24.6 Å². The second kappa shape index (κ2) is 6.85. The molecule has 0 bridgehead atoms. The quantitative estimate of drug-likeness (QED) is 0.690. The Kier molecular flexibility index (Phi) is 6.54. The van der Waals surface area contributed by atoms with Crippen molar-refractivity contribution in [2.24, 2.45) is 0 Å². The van der Waals surface area contributed by atoms with Gasteiger partial charge in [0.25, 0.3) is 0 Å². The maximum Gasteiger partial charge on any atom is 2.00 e. The van der Waals surface area contributed by atoms with E-state index in [1.165, 1.54) is 0 Å². The van der Waals surface area contributed by atoms with Crippen LogP contribution in [-0.4, -0.2) is 20.2 Å². The molecular formula is C12H18N4W. The van der Waals surface area contributed by atoms with E-state index >= 15 is 0 Å².